The molecule has 0 aliphatic rings. The second-order valence-electron chi connectivity index (χ2n) is 7.51. The lowest BCUT2D eigenvalue weighted by Crippen LogP contribution is -2.31. The lowest BCUT2D eigenvalue weighted by molar-refractivity contribution is -0.153. The van der Waals surface area contributed by atoms with E-state index in [9.17, 15) is 19.8 Å². The second kappa shape index (κ2) is 15.9. The Balaban J connectivity index is 4.49. The number of aliphatic carboxylic acids is 2. The van der Waals surface area contributed by atoms with E-state index in [1.165, 1.54) is 44.9 Å². The summed E-state index contributed by atoms with van der Waals surface area (Å²) in [7, 11) is 0. The first-order chi connectivity index (χ1) is 12.5. The predicted molar refractivity (Wildman–Crippen MR) is 107 cm³/mol. The third-order valence-corrected chi connectivity index (χ3v) is 5.03. The Kier molecular flexibility index (Phi) is 15.1. The number of hydrogen-bond acceptors (Lipinski definition) is 2. The van der Waals surface area contributed by atoms with Crippen molar-refractivity contribution in [3.05, 3.63) is 12.2 Å². The van der Waals surface area contributed by atoms with Crippen molar-refractivity contribution in [1.29, 1.82) is 0 Å². The van der Waals surface area contributed by atoms with E-state index in [1.54, 1.807) is 6.08 Å². The van der Waals surface area contributed by atoms with Gasteiger partial charge in [-0.3, -0.25) is 9.59 Å². The fourth-order valence-corrected chi connectivity index (χ4v) is 3.33. The third-order valence-electron chi connectivity index (χ3n) is 5.03. The molecular formula is C22H40O4. The largest absolute Gasteiger partial charge is 0.481 e. The Morgan fingerprint density at radius 1 is 0.769 bits per heavy atom. The number of carboxylic acids is 2. The molecule has 0 fully saturated rings. The van der Waals surface area contributed by atoms with Gasteiger partial charge in [0.25, 0.3) is 0 Å². The maximum absolute atomic E-state index is 11.8. The van der Waals surface area contributed by atoms with Crippen molar-refractivity contribution in [3.8, 4) is 0 Å². The summed E-state index contributed by atoms with van der Waals surface area (Å²) in [6.45, 7) is 4.36. The van der Waals surface area contributed by atoms with Crippen molar-refractivity contribution >= 4 is 11.9 Å². The first-order valence-electron chi connectivity index (χ1n) is 10.6. The van der Waals surface area contributed by atoms with E-state index >= 15 is 0 Å². The van der Waals surface area contributed by atoms with Crippen LogP contribution in [0.2, 0.25) is 0 Å². The molecule has 0 rings (SSSR count). The van der Waals surface area contributed by atoms with Crippen LogP contribution in [0, 0.1) is 5.41 Å². The zero-order valence-electron chi connectivity index (χ0n) is 17.0. The number of carbonyl (C=O) groups is 2. The summed E-state index contributed by atoms with van der Waals surface area (Å²) < 4.78 is 0. The Bertz CT molecular complexity index is 403. The van der Waals surface area contributed by atoms with Gasteiger partial charge in [0.05, 0.1) is 11.8 Å². The van der Waals surface area contributed by atoms with Crippen LogP contribution >= 0.6 is 0 Å². The molecule has 4 nitrogen and oxygen atoms in total. The predicted octanol–water partition coefficient (Wildman–Crippen LogP) is 6.59. The Morgan fingerprint density at radius 3 is 1.77 bits per heavy atom. The highest BCUT2D eigenvalue weighted by atomic mass is 16.4. The van der Waals surface area contributed by atoms with E-state index in [4.69, 9.17) is 0 Å². The molecule has 0 aliphatic heterocycles. The van der Waals surface area contributed by atoms with Crippen LogP contribution in [0.5, 0.6) is 0 Å². The van der Waals surface area contributed by atoms with E-state index < -0.39 is 17.4 Å². The molecule has 0 aromatic heterocycles. The minimum atomic E-state index is -1.25. The van der Waals surface area contributed by atoms with Gasteiger partial charge >= 0.3 is 11.9 Å². The minimum absolute atomic E-state index is 0.329. The molecule has 1 unspecified atom stereocenters. The quantitative estimate of drug-likeness (QED) is 0.211. The van der Waals surface area contributed by atoms with Crippen LogP contribution in [-0.4, -0.2) is 22.2 Å². The van der Waals surface area contributed by atoms with Crippen molar-refractivity contribution in [3.63, 3.8) is 0 Å². The van der Waals surface area contributed by atoms with Crippen molar-refractivity contribution in [2.75, 3.05) is 0 Å². The summed E-state index contributed by atoms with van der Waals surface area (Å²) in [5.74, 6) is -2.05. The van der Waals surface area contributed by atoms with E-state index in [0.29, 0.717) is 6.42 Å². The fraction of sp³-hybridized carbons (Fsp3) is 0.818. The van der Waals surface area contributed by atoms with Crippen LogP contribution < -0.4 is 0 Å². The molecule has 26 heavy (non-hydrogen) atoms. The normalized spacial score (nSPS) is 13.8. The molecule has 1 atom stereocenters. The highest BCUT2D eigenvalue weighted by Crippen LogP contribution is 2.32. The van der Waals surface area contributed by atoms with Crippen molar-refractivity contribution in [1.82, 2.24) is 0 Å². The summed E-state index contributed by atoms with van der Waals surface area (Å²) in [4.78, 5) is 23.1. The molecule has 0 amide bonds. The number of carboxylic acid groups (broad SMARTS) is 2. The van der Waals surface area contributed by atoms with Crippen LogP contribution in [0.3, 0.4) is 0 Å². The lowest BCUT2D eigenvalue weighted by Gasteiger charge is -2.24. The van der Waals surface area contributed by atoms with Crippen LogP contribution in [-0.2, 0) is 9.59 Å². The van der Waals surface area contributed by atoms with E-state index in [1.807, 2.05) is 6.08 Å². The summed E-state index contributed by atoms with van der Waals surface area (Å²) in [6, 6.07) is 0. The smallest absolute Gasteiger partial charge is 0.314 e. The molecule has 0 bridgehead atoms. The van der Waals surface area contributed by atoms with Gasteiger partial charge in [-0.25, -0.2) is 0 Å². The van der Waals surface area contributed by atoms with E-state index in [2.05, 4.69) is 13.8 Å². The minimum Gasteiger partial charge on any atom is -0.481 e. The number of allylic oxidation sites excluding steroid dienone is 1. The number of rotatable bonds is 18. The van der Waals surface area contributed by atoms with Gasteiger partial charge in [-0.05, 0) is 19.3 Å². The zero-order valence-corrected chi connectivity index (χ0v) is 17.0. The molecule has 0 aromatic carbocycles. The van der Waals surface area contributed by atoms with Gasteiger partial charge in [0.2, 0.25) is 0 Å². The molecule has 4 heteroatoms. The highest BCUT2D eigenvalue weighted by Gasteiger charge is 2.37. The summed E-state index contributed by atoms with van der Waals surface area (Å²) in [6.07, 6.45) is 18.0. The first kappa shape index (κ1) is 24.7. The molecule has 0 spiro atoms. The molecule has 0 saturated heterocycles. The van der Waals surface area contributed by atoms with Gasteiger partial charge in [0.1, 0.15) is 0 Å². The summed E-state index contributed by atoms with van der Waals surface area (Å²) >= 11 is 0. The second-order valence-corrected chi connectivity index (χ2v) is 7.51. The van der Waals surface area contributed by atoms with E-state index in [0.717, 1.165) is 38.5 Å². The monoisotopic (exact) mass is 368 g/mol. The Labute approximate surface area is 160 Å². The van der Waals surface area contributed by atoms with Gasteiger partial charge in [-0.1, -0.05) is 96.6 Å². The molecule has 152 valence electrons. The van der Waals surface area contributed by atoms with Crippen molar-refractivity contribution in [2.24, 2.45) is 5.41 Å². The topological polar surface area (TPSA) is 74.6 Å². The maximum atomic E-state index is 11.8. The first-order valence-corrected chi connectivity index (χ1v) is 10.6. The third kappa shape index (κ3) is 12.1. The fourth-order valence-electron chi connectivity index (χ4n) is 3.33. The SMILES string of the molecule is CCCCCCCCC=CC(CCCCCCCC)(CC(=O)O)C(=O)O. The Morgan fingerprint density at radius 2 is 1.27 bits per heavy atom. The molecule has 0 saturated carbocycles. The summed E-state index contributed by atoms with van der Waals surface area (Å²) in [5, 5.41) is 18.9. The van der Waals surface area contributed by atoms with Gasteiger partial charge < -0.3 is 10.2 Å². The Hall–Kier alpha value is -1.32. The zero-order chi connectivity index (χ0) is 19.7. The van der Waals surface area contributed by atoms with Crippen LogP contribution in [0.1, 0.15) is 110 Å². The maximum Gasteiger partial charge on any atom is 0.314 e. The molecule has 0 radical (unpaired) electrons. The highest BCUT2D eigenvalue weighted by molar-refractivity contribution is 5.83. The average Bonchev–Trinajstić information content (AvgIpc) is 2.59. The molecular weight excluding hydrogens is 328 g/mol. The number of hydrogen-bond donors (Lipinski definition) is 2. The van der Waals surface area contributed by atoms with E-state index in [-0.39, 0.29) is 6.42 Å². The van der Waals surface area contributed by atoms with Gasteiger partial charge in [0.15, 0.2) is 0 Å². The molecule has 0 aliphatic carbocycles. The standard InChI is InChI=1S/C22H40O4/c1-3-5-7-9-11-12-14-16-18-22(21(25)26,19-20(23)24)17-15-13-10-8-6-4-2/h16,18H,3-15,17,19H2,1-2H3,(H,23,24)(H,25,26). The summed E-state index contributed by atoms with van der Waals surface area (Å²) in [5.41, 5.74) is -1.25. The van der Waals surface area contributed by atoms with Crippen LogP contribution in [0.15, 0.2) is 12.2 Å². The van der Waals surface area contributed by atoms with Gasteiger partial charge in [-0.15, -0.1) is 0 Å². The number of unbranched alkanes of at least 4 members (excludes halogenated alkanes) is 11. The molecule has 2 N–H and O–H groups in total. The van der Waals surface area contributed by atoms with Gasteiger partial charge in [0, 0.05) is 0 Å². The van der Waals surface area contributed by atoms with Crippen LogP contribution in [0.4, 0.5) is 0 Å². The van der Waals surface area contributed by atoms with Crippen molar-refractivity contribution in [2.45, 2.75) is 110 Å². The lowest BCUT2D eigenvalue weighted by atomic mass is 9.78. The van der Waals surface area contributed by atoms with Crippen molar-refractivity contribution < 1.29 is 19.8 Å². The van der Waals surface area contributed by atoms with Gasteiger partial charge in [-0.2, -0.15) is 0 Å². The average molecular weight is 369 g/mol. The molecule has 0 aromatic rings. The van der Waals surface area contributed by atoms with Crippen LogP contribution in [0.25, 0.3) is 0 Å². The molecule has 0 heterocycles.